The largest absolute Gasteiger partial charge is 0.382 e. The molecule has 0 radical (unpaired) electrons. The van der Waals surface area contributed by atoms with Crippen LogP contribution in [0.15, 0.2) is 60.7 Å². The topological polar surface area (TPSA) is 40.5 Å². The molecule has 1 aliphatic rings. The summed E-state index contributed by atoms with van der Waals surface area (Å²) < 4.78 is 0. The zero-order valence-corrected chi connectivity index (χ0v) is 10.1. The predicted molar refractivity (Wildman–Crippen MR) is 69.9 cm³/mol. The van der Waals surface area contributed by atoms with Crippen LogP contribution in [0, 0.1) is 0 Å². The van der Waals surface area contributed by atoms with E-state index >= 15 is 0 Å². The van der Waals surface area contributed by atoms with Gasteiger partial charge in [0.1, 0.15) is 11.2 Å². The first-order chi connectivity index (χ1) is 8.67. The van der Waals surface area contributed by atoms with E-state index in [-0.39, 0.29) is 0 Å². The van der Waals surface area contributed by atoms with Crippen LogP contribution in [0.25, 0.3) is 0 Å². The molecule has 1 fully saturated rings. The number of hydrogen-bond donors (Lipinski definition) is 2. The van der Waals surface area contributed by atoms with Crippen LogP contribution in [0.3, 0.4) is 0 Å². The fourth-order valence-electron chi connectivity index (χ4n) is 2.79. The third kappa shape index (κ3) is 1.43. The van der Waals surface area contributed by atoms with Crippen LogP contribution in [0.2, 0.25) is 0 Å². The van der Waals surface area contributed by atoms with Crippen LogP contribution >= 0.6 is 0 Å². The van der Waals surface area contributed by atoms with E-state index in [1.54, 1.807) is 0 Å². The molecule has 3 rings (SSSR count). The molecular formula is C16H16O2. The van der Waals surface area contributed by atoms with Gasteiger partial charge in [0.05, 0.1) is 0 Å². The van der Waals surface area contributed by atoms with Gasteiger partial charge in [-0.1, -0.05) is 60.7 Å². The Balaban J connectivity index is 2.05. The minimum Gasteiger partial charge on any atom is -0.382 e. The quantitative estimate of drug-likeness (QED) is 0.847. The minimum absolute atomic E-state index is 0.586. The van der Waals surface area contributed by atoms with Crippen LogP contribution in [-0.4, -0.2) is 10.2 Å². The maximum Gasteiger partial charge on any atom is 0.122 e. The van der Waals surface area contributed by atoms with Crippen molar-refractivity contribution >= 4 is 0 Å². The van der Waals surface area contributed by atoms with Gasteiger partial charge in [0.25, 0.3) is 0 Å². The van der Waals surface area contributed by atoms with Gasteiger partial charge in [-0.15, -0.1) is 0 Å². The highest BCUT2D eigenvalue weighted by Crippen LogP contribution is 2.55. The van der Waals surface area contributed by atoms with E-state index in [1.165, 1.54) is 0 Å². The van der Waals surface area contributed by atoms with Gasteiger partial charge >= 0.3 is 0 Å². The molecule has 92 valence electrons. The molecule has 0 unspecified atom stereocenters. The summed E-state index contributed by atoms with van der Waals surface area (Å²) in [6.45, 7) is 0. The number of hydrogen-bond acceptors (Lipinski definition) is 2. The number of benzene rings is 2. The van der Waals surface area contributed by atoms with Crippen molar-refractivity contribution in [1.29, 1.82) is 0 Å². The highest BCUT2D eigenvalue weighted by atomic mass is 16.4. The first kappa shape index (κ1) is 11.5. The van der Waals surface area contributed by atoms with Crippen LogP contribution < -0.4 is 0 Å². The second kappa shape index (κ2) is 3.94. The highest BCUT2D eigenvalue weighted by Gasteiger charge is 2.59. The van der Waals surface area contributed by atoms with Crippen molar-refractivity contribution in [1.82, 2.24) is 0 Å². The SMILES string of the molecule is O[C@@]1(c2ccccc2)CC[C@]1(O)c1ccccc1. The van der Waals surface area contributed by atoms with E-state index in [0.717, 1.165) is 11.1 Å². The van der Waals surface area contributed by atoms with Gasteiger partial charge in [-0.2, -0.15) is 0 Å². The Bertz CT molecular complexity index is 486. The Hall–Kier alpha value is -1.64. The van der Waals surface area contributed by atoms with Gasteiger partial charge in [-0.3, -0.25) is 0 Å². The van der Waals surface area contributed by atoms with Gasteiger partial charge < -0.3 is 10.2 Å². The molecule has 2 heteroatoms. The van der Waals surface area contributed by atoms with E-state index in [9.17, 15) is 10.2 Å². The fraction of sp³-hybridized carbons (Fsp3) is 0.250. The summed E-state index contributed by atoms with van der Waals surface area (Å²) in [7, 11) is 0. The summed E-state index contributed by atoms with van der Waals surface area (Å²) in [5.41, 5.74) is -0.782. The van der Waals surface area contributed by atoms with E-state index in [4.69, 9.17) is 0 Å². The summed E-state index contributed by atoms with van der Waals surface area (Å²) in [5.74, 6) is 0. The number of aliphatic hydroxyl groups is 2. The van der Waals surface area contributed by atoms with E-state index < -0.39 is 11.2 Å². The molecule has 1 aliphatic carbocycles. The van der Waals surface area contributed by atoms with Crippen LogP contribution in [0.5, 0.6) is 0 Å². The normalized spacial score (nSPS) is 30.8. The molecule has 0 aliphatic heterocycles. The van der Waals surface area contributed by atoms with Crippen LogP contribution in [0.4, 0.5) is 0 Å². The van der Waals surface area contributed by atoms with Gasteiger partial charge in [-0.25, -0.2) is 0 Å². The average molecular weight is 240 g/mol. The maximum absolute atomic E-state index is 10.8. The standard InChI is InChI=1S/C16H16O2/c17-15(13-7-3-1-4-8-13)11-12-16(15,18)14-9-5-2-6-10-14/h1-10,17-18H,11-12H2/t15-,16+. The first-order valence-corrected chi connectivity index (χ1v) is 6.23. The average Bonchev–Trinajstić information content (AvgIpc) is 2.46. The van der Waals surface area contributed by atoms with Crippen molar-refractivity contribution in [3.8, 4) is 0 Å². The fourth-order valence-corrected chi connectivity index (χ4v) is 2.79. The lowest BCUT2D eigenvalue weighted by Gasteiger charge is -2.53. The molecule has 2 aromatic rings. The lowest BCUT2D eigenvalue weighted by molar-refractivity contribution is -0.237. The van der Waals surface area contributed by atoms with Crippen LogP contribution in [-0.2, 0) is 11.2 Å². The van der Waals surface area contributed by atoms with Crippen molar-refractivity contribution < 1.29 is 10.2 Å². The molecule has 0 saturated heterocycles. The molecule has 18 heavy (non-hydrogen) atoms. The Morgan fingerprint density at radius 2 is 0.944 bits per heavy atom. The van der Waals surface area contributed by atoms with Crippen LogP contribution in [0.1, 0.15) is 24.0 Å². The van der Waals surface area contributed by atoms with Gasteiger partial charge in [0, 0.05) is 0 Å². The third-order valence-corrected chi connectivity index (χ3v) is 4.04. The van der Waals surface area contributed by atoms with E-state index in [0.29, 0.717) is 12.8 Å². The summed E-state index contributed by atoms with van der Waals surface area (Å²) in [5, 5.41) is 21.6. The molecule has 1 saturated carbocycles. The number of rotatable bonds is 2. The second-order valence-corrected chi connectivity index (χ2v) is 4.95. The molecule has 2 atom stereocenters. The Morgan fingerprint density at radius 1 is 0.611 bits per heavy atom. The van der Waals surface area contributed by atoms with Gasteiger partial charge in [-0.05, 0) is 24.0 Å². The van der Waals surface area contributed by atoms with Crippen molar-refractivity contribution in [2.24, 2.45) is 0 Å². The summed E-state index contributed by atoms with van der Waals surface area (Å²) in [6.07, 6.45) is 1.17. The molecule has 0 bridgehead atoms. The Kier molecular flexibility index (Phi) is 2.51. The summed E-state index contributed by atoms with van der Waals surface area (Å²) >= 11 is 0. The van der Waals surface area contributed by atoms with Gasteiger partial charge in [0.15, 0.2) is 0 Å². The van der Waals surface area contributed by atoms with E-state index in [1.807, 2.05) is 60.7 Å². The van der Waals surface area contributed by atoms with Gasteiger partial charge in [0.2, 0.25) is 0 Å². The Labute approximate surface area is 107 Å². The molecule has 0 amide bonds. The molecule has 0 spiro atoms. The molecule has 2 N–H and O–H groups in total. The summed E-state index contributed by atoms with van der Waals surface area (Å²) in [6, 6.07) is 18.8. The molecule has 0 heterocycles. The zero-order chi connectivity index (χ0) is 12.6. The van der Waals surface area contributed by atoms with Crippen molar-refractivity contribution in [2.45, 2.75) is 24.0 Å². The summed E-state index contributed by atoms with van der Waals surface area (Å²) in [4.78, 5) is 0. The third-order valence-electron chi connectivity index (χ3n) is 4.04. The molecular weight excluding hydrogens is 224 g/mol. The monoisotopic (exact) mass is 240 g/mol. The predicted octanol–water partition coefficient (Wildman–Crippen LogP) is 2.56. The van der Waals surface area contributed by atoms with Crippen molar-refractivity contribution in [3.05, 3.63) is 71.8 Å². The zero-order valence-electron chi connectivity index (χ0n) is 10.1. The molecule has 0 aromatic heterocycles. The van der Waals surface area contributed by atoms with E-state index in [2.05, 4.69) is 0 Å². The first-order valence-electron chi connectivity index (χ1n) is 6.23. The smallest absolute Gasteiger partial charge is 0.122 e. The highest BCUT2D eigenvalue weighted by molar-refractivity contribution is 5.37. The van der Waals surface area contributed by atoms with Crippen molar-refractivity contribution in [3.63, 3.8) is 0 Å². The molecule has 2 aromatic carbocycles. The maximum atomic E-state index is 10.8. The molecule has 2 nitrogen and oxygen atoms in total. The van der Waals surface area contributed by atoms with Crippen molar-refractivity contribution in [2.75, 3.05) is 0 Å². The lowest BCUT2D eigenvalue weighted by Crippen LogP contribution is -2.58. The Morgan fingerprint density at radius 3 is 1.22 bits per heavy atom. The lowest BCUT2D eigenvalue weighted by atomic mass is 9.59. The minimum atomic E-state index is -1.17. The second-order valence-electron chi connectivity index (χ2n) is 4.95.